The van der Waals surface area contributed by atoms with Crippen LogP contribution >= 0.6 is 11.6 Å². The first kappa shape index (κ1) is 28.5. The van der Waals surface area contributed by atoms with Gasteiger partial charge in [0, 0.05) is 17.6 Å². The molecule has 2 amide bonds. The fourth-order valence-electron chi connectivity index (χ4n) is 3.69. The summed E-state index contributed by atoms with van der Waals surface area (Å²) in [6.07, 6.45) is 1.40. The Labute approximate surface area is 213 Å². The molecule has 1 N–H and O–H groups in total. The van der Waals surface area contributed by atoms with Crippen molar-refractivity contribution in [1.29, 1.82) is 0 Å². The van der Waals surface area contributed by atoms with Crippen molar-refractivity contribution in [3.63, 3.8) is 0 Å². The van der Waals surface area contributed by atoms with Gasteiger partial charge in [-0.1, -0.05) is 36.7 Å². The monoisotopic (exact) mass is 523 g/mol. The number of ether oxygens (including phenoxy) is 1. The minimum atomic E-state index is -3.83. The van der Waals surface area contributed by atoms with Gasteiger partial charge in [0.05, 0.1) is 19.1 Å². The highest BCUT2D eigenvalue weighted by Gasteiger charge is 2.32. The van der Waals surface area contributed by atoms with Crippen molar-refractivity contribution in [3.8, 4) is 5.75 Å². The van der Waals surface area contributed by atoms with Crippen molar-refractivity contribution in [3.05, 3.63) is 58.6 Å². The maximum Gasteiger partial charge on any atom is 0.244 e. The highest BCUT2D eigenvalue weighted by Crippen LogP contribution is 2.28. The summed E-state index contributed by atoms with van der Waals surface area (Å²) >= 11 is 6.22. The molecule has 8 nitrogen and oxygen atoms in total. The van der Waals surface area contributed by atoms with Crippen molar-refractivity contribution in [2.75, 3.05) is 24.2 Å². The number of halogens is 1. The molecule has 0 aromatic heterocycles. The number of hydrogen-bond acceptors (Lipinski definition) is 5. The van der Waals surface area contributed by atoms with Gasteiger partial charge in [-0.15, -0.1) is 0 Å². The molecule has 0 saturated carbocycles. The van der Waals surface area contributed by atoms with Crippen molar-refractivity contribution in [1.82, 2.24) is 10.2 Å². The second-order valence-electron chi connectivity index (χ2n) is 8.61. The Balaban J connectivity index is 2.48. The van der Waals surface area contributed by atoms with E-state index in [1.54, 1.807) is 44.4 Å². The number of sulfonamides is 1. The first-order valence-electron chi connectivity index (χ1n) is 11.3. The molecule has 0 aliphatic rings. The third kappa shape index (κ3) is 7.60. The molecule has 0 saturated heterocycles. The van der Waals surface area contributed by atoms with Gasteiger partial charge in [-0.2, -0.15) is 0 Å². The highest BCUT2D eigenvalue weighted by atomic mass is 35.5. The van der Waals surface area contributed by atoms with Crippen molar-refractivity contribution >= 4 is 39.1 Å². The normalized spacial score (nSPS) is 12.2. The van der Waals surface area contributed by atoms with Gasteiger partial charge in [0.1, 0.15) is 18.3 Å². The standard InChI is InChI=1S/C25H34ClN3O5S/c1-7-22(25(31)27-17(2)3)28(15-19-11-13-20(34-5)14-12-19)24(30)16-29(35(6,32)33)23-10-8-9-21(26)18(23)4/h8-14,17,22H,7,15-16H2,1-6H3,(H,27,31). The van der Waals surface area contributed by atoms with E-state index in [9.17, 15) is 18.0 Å². The van der Waals surface area contributed by atoms with Crippen LogP contribution in [-0.2, 0) is 26.2 Å². The molecule has 2 aromatic rings. The summed E-state index contributed by atoms with van der Waals surface area (Å²) in [7, 11) is -2.27. The van der Waals surface area contributed by atoms with Crippen molar-refractivity contribution < 1.29 is 22.7 Å². The Hall–Kier alpha value is -2.78. The van der Waals surface area contributed by atoms with Gasteiger partial charge in [0.25, 0.3) is 0 Å². The van der Waals surface area contributed by atoms with Crippen LogP contribution in [0.3, 0.4) is 0 Å². The number of nitrogens with zero attached hydrogens (tertiary/aromatic N) is 2. The van der Waals surface area contributed by atoms with Gasteiger partial charge >= 0.3 is 0 Å². The lowest BCUT2D eigenvalue weighted by molar-refractivity contribution is -0.140. The molecule has 1 atom stereocenters. The molecule has 2 aromatic carbocycles. The van der Waals surface area contributed by atoms with Crippen LogP contribution in [0.15, 0.2) is 42.5 Å². The lowest BCUT2D eigenvalue weighted by Crippen LogP contribution is -2.53. The Bertz CT molecular complexity index is 1140. The zero-order chi connectivity index (χ0) is 26.3. The number of amides is 2. The Morgan fingerprint density at radius 2 is 1.74 bits per heavy atom. The second kappa shape index (κ2) is 12.3. The Morgan fingerprint density at radius 1 is 1.11 bits per heavy atom. The number of benzene rings is 2. The summed E-state index contributed by atoms with van der Waals surface area (Å²) in [5.41, 5.74) is 1.64. The maximum absolute atomic E-state index is 13.7. The van der Waals surface area contributed by atoms with Crippen molar-refractivity contribution in [2.24, 2.45) is 0 Å². The summed E-state index contributed by atoms with van der Waals surface area (Å²) in [5.74, 6) is -0.138. The number of rotatable bonds is 11. The maximum atomic E-state index is 13.7. The van der Waals surface area contributed by atoms with Crippen LogP contribution in [0.4, 0.5) is 5.69 Å². The minimum absolute atomic E-state index is 0.115. The molecule has 192 valence electrons. The van der Waals surface area contributed by atoms with Crippen LogP contribution < -0.4 is 14.4 Å². The summed E-state index contributed by atoms with van der Waals surface area (Å²) in [4.78, 5) is 28.1. The van der Waals surface area contributed by atoms with Gasteiger partial charge in [0.2, 0.25) is 21.8 Å². The van der Waals surface area contributed by atoms with Gasteiger partial charge in [-0.05, 0) is 62.6 Å². The van der Waals surface area contributed by atoms with E-state index in [4.69, 9.17) is 16.3 Å². The molecule has 0 aliphatic heterocycles. The van der Waals surface area contributed by atoms with E-state index in [1.807, 2.05) is 32.9 Å². The zero-order valence-corrected chi connectivity index (χ0v) is 22.6. The van der Waals surface area contributed by atoms with E-state index < -0.39 is 28.5 Å². The van der Waals surface area contributed by atoms with E-state index in [1.165, 1.54) is 4.90 Å². The van der Waals surface area contributed by atoms with Crippen LogP contribution in [0.5, 0.6) is 5.75 Å². The average molecular weight is 524 g/mol. The van der Waals surface area contributed by atoms with E-state index in [0.29, 0.717) is 28.4 Å². The summed E-state index contributed by atoms with van der Waals surface area (Å²) in [5, 5.41) is 3.25. The Morgan fingerprint density at radius 3 is 2.26 bits per heavy atom. The highest BCUT2D eigenvalue weighted by molar-refractivity contribution is 7.92. The summed E-state index contributed by atoms with van der Waals surface area (Å²) in [6, 6.07) is 11.1. The molecule has 0 fully saturated rings. The van der Waals surface area contributed by atoms with Gasteiger partial charge in [-0.3, -0.25) is 13.9 Å². The zero-order valence-electron chi connectivity index (χ0n) is 21.0. The summed E-state index contributed by atoms with van der Waals surface area (Å²) in [6.45, 7) is 6.84. The molecule has 0 aliphatic carbocycles. The number of hydrogen-bond donors (Lipinski definition) is 1. The number of methoxy groups -OCH3 is 1. The Kier molecular flexibility index (Phi) is 9.97. The van der Waals surface area contributed by atoms with Crippen LogP contribution in [0, 0.1) is 6.92 Å². The van der Waals surface area contributed by atoms with E-state index in [2.05, 4.69) is 5.32 Å². The lowest BCUT2D eigenvalue weighted by Gasteiger charge is -2.33. The molecular weight excluding hydrogens is 490 g/mol. The molecule has 35 heavy (non-hydrogen) atoms. The molecule has 2 rings (SSSR count). The topological polar surface area (TPSA) is 96.0 Å². The van der Waals surface area contributed by atoms with Crippen LogP contribution in [0.1, 0.15) is 38.3 Å². The fourth-order valence-corrected chi connectivity index (χ4v) is 4.76. The molecule has 0 radical (unpaired) electrons. The second-order valence-corrected chi connectivity index (χ2v) is 10.9. The third-order valence-electron chi connectivity index (χ3n) is 5.52. The van der Waals surface area contributed by atoms with Crippen LogP contribution in [0.2, 0.25) is 5.02 Å². The largest absolute Gasteiger partial charge is 0.497 e. The first-order chi connectivity index (χ1) is 16.4. The number of anilines is 1. The predicted molar refractivity (Wildman–Crippen MR) is 139 cm³/mol. The predicted octanol–water partition coefficient (Wildman–Crippen LogP) is 3.76. The molecule has 0 spiro atoms. The fraction of sp³-hybridized carbons (Fsp3) is 0.440. The summed E-state index contributed by atoms with van der Waals surface area (Å²) < 4.78 is 31.7. The van der Waals surface area contributed by atoms with E-state index in [0.717, 1.165) is 16.1 Å². The lowest BCUT2D eigenvalue weighted by atomic mass is 10.1. The number of nitrogens with one attached hydrogen (secondary N) is 1. The SMILES string of the molecule is CCC(C(=O)NC(C)C)N(Cc1ccc(OC)cc1)C(=O)CN(c1cccc(Cl)c1C)S(C)(=O)=O. The van der Waals surface area contributed by atoms with Gasteiger partial charge < -0.3 is 15.0 Å². The molecular formula is C25H34ClN3O5S. The van der Waals surface area contributed by atoms with E-state index in [-0.39, 0.29) is 18.5 Å². The molecule has 0 heterocycles. The number of carbonyl (C=O) groups excluding carboxylic acids is 2. The quantitative estimate of drug-likeness (QED) is 0.484. The molecule has 1 unspecified atom stereocenters. The van der Waals surface area contributed by atoms with Gasteiger partial charge in [0.15, 0.2) is 0 Å². The molecule has 10 heteroatoms. The van der Waals surface area contributed by atoms with Crippen LogP contribution in [0.25, 0.3) is 0 Å². The first-order valence-corrected chi connectivity index (χ1v) is 13.6. The van der Waals surface area contributed by atoms with E-state index >= 15 is 0 Å². The van der Waals surface area contributed by atoms with Crippen molar-refractivity contribution in [2.45, 2.75) is 52.7 Å². The average Bonchev–Trinajstić information content (AvgIpc) is 2.78. The smallest absolute Gasteiger partial charge is 0.244 e. The third-order valence-corrected chi connectivity index (χ3v) is 7.05. The van der Waals surface area contributed by atoms with Crippen LogP contribution in [-0.4, -0.2) is 57.1 Å². The van der Waals surface area contributed by atoms with Gasteiger partial charge in [-0.25, -0.2) is 8.42 Å². The minimum Gasteiger partial charge on any atom is -0.497 e. The molecule has 0 bridgehead atoms. The number of carbonyl (C=O) groups is 2.